The fourth-order valence-corrected chi connectivity index (χ4v) is 0.686. The summed E-state index contributed by atoms with van der Waals surface area (Å²) in [4.78, 5) is 10.2. The number of carbonyl (C=O) groups is 1. The molecule has 78 valence electrons. The quantitative estimate of drug-likeness (QED) is 0.717. The second-order valence-corrected chi connectivity index (χ2v) is 2.05. The van der Waals surface area contributed by atoms with E-state index < -0.39 is 29.0 Å². The molecule has 1 aromatic carbocycles. The Kier molecular flexibility index (Phi) is 4.69. The van der Waals surface area contributed by atoms with Crippen molar-refractivity contribution in [3.05, 3.63) is 35.1 Å². The summed E-state index contributed by atoms with van der Waals surface area (Å²) in [5, 5.41) is 8.25. The zero-order valence-electron chi connectivity index (χ0n) is 7.64. The minimum absolute atomic E-state index is 0.193. The van der Waals surface area contributed by atoms with Gasteiger partial charge in [0.1, 0.15) is 5.82 Å². The van der Waals surface area contributed by atoms with Gasteiger partial charge in [-0.25, -0.2) is 18.0 Å². The van der Waals surface area contributed by atoms with Crippen molar-refractivity contribution < 1.29 is 23.1 Å². The predicted octanol–water partition coefficient (Wildman–Crippen LogP) is 2.83. The Bertz CT molecular complexity index is 337. The van der Waals surface area contributed by atoms with Crippen molar-refractivity contribution in [1.82, 2.24) is 0 Å². The number of benzene rings is 1. The molecule has 0 saturated heterocycles. The third-order valence-electron chi connectivity index (χ3n) is 1.24. The Balaban J connectivity index is 0.000000791. The largest absolute Gasteiger partial charge is 0.478 e. The van der Waals surface area contributed by atoms with Crippen molar-refractivity contribution in [3.8, 4) is 0 Å². The number of halogens is 3. The summed E-state index contributed by atoms with van der Waals surface area (Å²) >= 11 is 0. The SMILES string of the molecule is CC.O=C(O)c1cc(F)c(F)cc1F. The van der Waals surface area contributed by atoms with Crippen LogP contribution in [0, 0.1) is 17.5 Å². The molecule has 2 nitrogen and oxygen atoms in total. The lowest BCUT2D eigenvalue weighted by molar-refractivity contribution is 0.0691. The van der Waals surface area contributed by atoms with E-state index in [-0.39, 0.29) is 6.07 Å². The lowest BCUT2D eigenvalue weighted by Crippen LogP contribution is -2.02. The second kappa shape index (κ2) is 5.26. The van der Waals surface area contributed by atoms with Gasteiger partial charge in [-0.1, -0.05) is 13.8 Å². The molecule has 0 saturated carbocycles. The molecule has 0 spiro atoms. The predicted molar refractivity (Wildman–Crippen MR) is 44.6 cm³/mol. The van der Waals surface area contributed by atoms with E-state index >= 15 is 0 Å². The Morgan fingerprint density at radius 3 is 1.93 bits per heavy atom. The van der Waals surface area contributed by atoms with Crippen molar-refractivity contribution in [2.24, 2.45) is 0 Å². The van der Waals surface area contributed by atoms with Gasteiger partial charge < -0.3 is 5.11 Å². The number of rotatable bonds is 1. The summed E-state index contributed by atoms with van der Waals surface area (Å²) in [5.41, 5.74) is -0.881. The van der Waals surface area contributed by atoms with Gasteiger partial charge in [-0.05, 0) is 6.07 Å². The summed E-state index contributed by atoms with van der Waals surface area (Å²) in [5.74, 6) is -5.71. The number of hydrogen-bond donors (Lipinski definition) is 1. The van der Waals surface area contributed by atoms with E-state index in [2.05, 4.69) is 0 Å². The van der Waals surface area contributed by atoms with E-state index in [0.717, 1.165) is 0 Å². The summed E-state index contributed by atoms with van der Waals surface area (Å²) in [7, 11) is 0. The summed E-state index contributed by atoms with van der Waals surface area (Å²) in [6, 6.07) is 0.492. The molecular weight excluding hydrogens is 197 g/mol. The van der Waals surface area contributed by atoms with Gasteiger partial charge in [0.15, 0.2) is 11.6 Å². The fraction of sp³-hybridized carbons (Fsp3) is 0.222. The molecule has 0 bridgehead atoms. The molecule has 0 aromatic heterocycles. The molecule has 1 aromatic rings. The van der Waals surface area contributed by atoms with Gasteiger partial charge in [0.25, 0.3) is 0 Å². The lowest BCUT2D eigenvalue weighted by atomic mass is 10.2. The first kappa shape index (κ1) is 12.5. The average molecular weight is 206 g/mol. The first-order valence-corrected chi connectivity index (χ1v) is 3.90. The van der Waals surface area contributed by atoms with Crippen LogP contribution in [0.3, 0.4) is 0 Å². The topological polar surface area (TPSA) is 37.3 Å². The maximum absolute atomic E-state index is 12.5. The number of hydrogen-bond acceptors (Lipinski definition) is 1. The average Bonchev–Trinajstić information content (AvgIpc) is 2.14. The third-order valence-corrected chi connectivity index (χ3v) is 1.24. The zero-order valence-corrected chi connectivity index (χ0v) is 7.64. The normalized spacial score (nSPS) is 8.93. The number of carboxylic acids is 1. The monoisotopic (exact) mass is 206 g/mol. The van der Waals surface area contributed by atoms with Crippen LogP contribution in [0.2, 0.25) is 0 Å². The zero-order chi connectivity index (χ0) is 11.3. The van der Waals surface area contributed by atoms with Crippen molar-refractivity contribution in [3.63, 3.8) is 0 Å². The van der Waals surface area contributed by atoms with E-state index in [1.165, 1.54) is 0 Å². The van der Waals surface area contributed by atoms with Crippen LogP contribution in [-0.2, 0) is 0 Å². The van der Waals surface area contributed by atoms with Crippen LogP contribution < -0.4 is 0 Å². The van der Waals surface area contributed by atoms with Crippen molar-refractivity contribution in [2.75, 3.05) is 0 Å². The number of carboxylic acid groups (broad SMARTS) is 1. The first-order chi connectivity index (χ1) is 6.52. The lowest BCUT2D eigenvalue weighted by Gasteiger charge is -1.97. The smallest absolute Gasteiger partial charge is 0.338 e. The maximum atomic E-state index is 12.5. The molecule has 14 heavy (non-hydrogen) atoms. The van der Waals surface area contributed by atoms with E-state index in [4.69, 9.17) is 5.11 Å². The van der Waals surface area contributed by atoms with Crippen LogP contribution in [-0.4, -0.2) is 11.1 Å². The van der Waals surface area contributed by atoms with Crippen LogP contribution >= 0.6 is 0 Å². The molecule has 0 heterocycles. The van der Waals surface area contributed by atoms with Crippen molar-refractivity contribution in [1.29, 1.82) is 0 Å². The Morgan fingerprint density at radius 1 is 1.07 bits per heavy atom. The van der Waals surface area contributed by atoms with Crippen LogP contribution in [0.4, 0.5) is 13.2 Å². The summed E-state index contributed by atoms with van der Waals surface area (Å²) < 4.78 is 37.0. The third kappa shape index (κ3) is 2.76. The van der Waals surface area contributed by atoms with Gasteiger partial charge in [-0.2, -0.15) is 0 Å². The molecule has 0 aliphatic carbocycles. The maximum Gasteiger partial charge on any atom is 0.338 e. The molecule has 0 radical (unpaired) electrons. The van der Waals surface area contributed by atoms with E-state index in [0.29, 0.717) is 6.07 Å². The van der Waals surface area contributed by atoms with Gasteiger partial charge in [0.05, 0.1) is 5.56 Å². The molecule has 0 amide bonds. The molecule has 0 aliphatic rings. The molecular formula is C9H9F3O2. The van der Waals surface area contributed by atoms with Crippen LogP contribution in [0.25, 0.3) is 0 Å². The highest BCUT2D eigenvalue weighted by Gasteiger charge is 2.14. The Labute approximate surface area is 79.0 Å². The fourth-order valence-electron chi connectivity index (χ4n) is 0.686. The van der Waals surface area contributed by atoms with E-state index in [1.54, 1.807) is 0 Å². The van der Waals surface area contributed by atoms with Crippen LogP contribution in [0.1, 0.15) is 24.2 Å². The Morgan fingerprint density at radius 2 is 1.50 bits per heavy atom. The molecule has 0 atom stereocenters. The number of aromatic carboxylic acids is 1. The van der Waals surface area contributed by atoms with E-state index in [9.17, 15) is 18.0 Å². The molecule has 5 heteroatoms. The van der Waals surface area contributed by atoms with Gasteiger partial charge >= 0.3 is 5.97 Å². The molecule has 0 unspecified atom stereocenters. The summed E-state index contributed by atoms with van der Waals surface area (Å²) in [6.45, 7) is 4.00. The van der Waals surface area contributed by atoms with Gasteiger partial charge in [0, 0.05) is 6.07 Å². The van der Waals surface area contributed by atoms with Gasteiger partial charge in [-0.15, -0.1) is 0 Å². The molecule has 0 fully saturated rings. The molecule has 1 N–H and O–H groups in total. The Hall–Kier alpha value is -1.52. The second-order valence-electron chi connectivity index (χ2n) is 2.05. The molecule has 1 rings (SSSR count). The highest BCUT2D eigenvalue weighted by atomic mass is 19.2. The van der Waals surface area contributed by atoms with Crippen LogP contribution in [0.5, 0.6) is 0 Å². The van der Waals surface area contributed by atoms with Gasteiger partial charge in [0.2, 0.25) is 0 Å². The first-order valence-electron chi connectivity index (χ1n) is 3.90. The summed E-state index contributed by atoms with van der Waals surface area (Å²) in [6.07, 6.45) is 0. The van der Waals surface area contributed by atoms with Gasteiger partial charge in [-0.3, -0.25) is 0 Å². The minimum Gasteiger partial charge on any atom is -0.478 e. The van der Waals surface area contributed by atoms with Crippen LogP contribution in [0.15, 0.2) is 12.1 Å². The standard InChI is InChI=1S/C7H3F3O2.C2H6/c8-4-2-6(10)5(9)1-3(4)7(11)12;1-2/h1-2H,(H,11,12);1-2H3. The molecule has 0 aliphatic heterocycles. The van der Waals surface area contributed by atoms with E-state index in [1.807, 2.05) is 13.8 Å². The minimum atomic E-state index is -1.63. The van der Waals surface area contributed by atoms with Crippen molar-refractivity contribution in [2.45, 2.75) is 13.8 Å². The van der Waals surface area contributed by atoms with Crippen molar-refractivity contribution >= 4 is 5.97 Å². The highest BCUT2D eigenvalue weighted by molar-refractivity contribution is 5.87. The highest BCUT2D eigenvalue weighted by Crippen LogP contribution is 2.13.